The minimum Gasteiger partial charge on any atom is -0.378 e. The highest BCUT2D eigenvalue weighted by molar-refractivity contribution is 5.98. The first-order chi connectivity index (χ1) is 9.56. The van der Waals surface area contributed by atoms with Crippen molar-refractivity contribution >= 4 is 5.78 Å². The molecule has 0 N–H and O–H groups in total. The van der Waals surface area contributed by atoms with Gasteiger partial charge in [0.1, 0.15) is 0 Å². The van der Waals surface area contributed by atoms with Gasteiger partial charge in [-0.1, -0.05) is 0 Å². The number of hydrogen-bond donors (Lipinski definition) is 0. The number of morpholine rings is 1. The lowest BCUT2D eigenvalue weighted by atomic mass is 9.81. The van der Waals surface area contributed by atoms with Crippen molar-refractivity contribution in [3.05, 3.63) is 35.4 Å². The van der Waals surface area contributed by atoms with Gasteiger partial charge in [-0.15, -0.1) is 0 Å². The third-order valence-corrected chi connectivity index (χ3v) is 4.46. The fourth-order valence-corrected chi connectivity index (χ4v) is 3.19. The summed E-state index contributed by atoms with van der Waals surface area (Å²) in [4.78, 5) is 14.7. The van der Waals surface area contributed by atoms with Crippen LogP contribution >= 0.6 is 0 Å². The van der Waals surface area contributed by atoms with E-state index in [-0.39, 0.29) is 29.3 Å². The second-order valence-electron chi connectivity index (χ2n) is 5.67. The SMILES string of the molecule is CN1C2COCC1CC(C(=O)c1ccc(F)c(F)c1)C2. The van der Waals surface area contributed by atoms with Crippen LogP contribution in [0, 0.1) is 17.6 Å². The topological polar surface area (TPSA) is 29.5 Å². The molecule has 2 fully saturated rings. The molecule has 3 nitrogen and oxygen atoms in total. The molecule has 0 aromatic heterocycles. The zero-order valence-corrected chi connectivity index (χ0v) is 11.3. The largest absolute Gasteiger partial charge is 0.378 e. The van der Waals surface area contributed by atoms with Gasteiger partial charge in [0.25, 0.3) is 0 Å². The van der Waals surface area contributed by atoms with Crippen molar-refractivity contribution in [2.75, 3.05) is 20.3 Å². The van der Waals surface area contributed by atoms with Gasteiger partial charge in [0.05, 0.1) is 13.2 Å². The monoisotopic (exact) mass is 281 g/mol. The molecular weight excluding hydrogens is 264 g/mol. The number of benzene rings is 1. The summed E-state index contributed by atoms with van der Waals surface area (Å²) >= 11 is 0. The van der Waals surface area contributed by atoms with Crippen LogP contribution in [0.15, 0.2) is 18.2 Å². The highest BCUT2D eigenvalue weighted by Crippen LogP contribution is 2.32. The lowest BCUT2D eigenvalue weighted by Crippen LogP contribution is -2.55. The van der Waals surface area contributed by atoms with Crippen LogP contribution in [-0.2, 0) is 4.74 Å². The quantitative estimate of drug-likeness (QED) is 0.779. The number of ether oxygens (including phenoxy) is 1. The molecule has 2 aliphatic heterocycles. The molecule has 2 saturated heterocycles. The maximum atomic E-state index is 13.2. The average Bonchev–Trinajstić information content (AvgIpc) is 2.41. The van der Waals surface area contributed by atoms with E-state index in [0.29, 0.717) is 26.1 Å². The van der Waals surface area contributed by atoms with Gasteiger partial charge >= 0.3 is 0 Å². The predicted molar refractivity (Wildman–Crippen MR) is 69.6 cm³/mol. The van der Waals surface area contributed by atoms with Crippen molar-refractivity contribution in [2.24, 2.45) is 5.92 Å². The molecule has 0 amide bonds. The van der Waals surface area contributed by atoms with Crippen LogP contribution in [-0.4, -0.2) is 43.0 Å². The van der Waals surface area contributed by atoms with Crippen LogP contribution < -0.4 is 0 Å². The van der Waals surface area contributed by atoms with Crippen LogP contribution in [0.25, 0.3) is 0 Å². The van der Waals surface area contributed by atoms with Gasteiger partial charge in [-0.3, -0.25) is 9.69 Å². The Bertz CT molecular complexity index is 521. The van der Waals surface area contributed by atoms with Crippen molar-refractivity contribution in [2.45, 2.75) is 24.9 Å². The summed E-state index contributed by atoms with van der Waals surface area (Å²) < 4.78 is 31.7. The van der Waals surface area contributed by atoms with Gasteiger partial charge in [-0.05, 0) is 38.1 Å². The van der Waals surface area contributed by atoms with Crippen molar-refractivity contribution in [3.63, 3.8) is 0 Å². The Kier molecular flexibility index (Phi) is 3.56. The van der Waals surface area contributed by atoms with Gasteiger partial charge in [-0.25, -0.2) is 8.78 Å². The summed E-state index contributed by atoms with van der Waals surface area (Å²) in [6, 6.07) is 3.86. The number of likely N-dealkylation sites (N-methyl/N-ethyl adjacent to an activating group) is 1. The van der Waals surface area contributed by atoms with Crippen molar-refractivity contribution in [3.8, 4) is 0 Å². The standard InChI is InChI=1S/C15H17F2NO2/c1-18-11-4-10(5-12(18)8-20-7-11)15(19)9-2-3-13(16)14(17)6-9/h2-3,6,10-12H,4-5,7-8H2,1H3. The van der Waals surface area contributed by atoms with Crippen molar-refractivity contribution < 1.29 is 18.3 Å². The van der Waals surface area contributed by atoms with Gasteiger partial charge in [0.2, 0.25) is 0 Å². The first-order valence-electron chi connectivity index (χ1n) is 6.85. The summed E-state index contributed by atoms with van der Waals surface area (Å²) in [5.74, 6) is -2.11. The Morgan fingerprint density at radius 2 is 1.85 bits per heavy atom. The number of rotatable bonds is 2. The average molecular weight is 281 g/mol. The Hall–Kier alpha value is -1.33. The molecule has 5 heteroatoms. The molecule has 1 aromatic rings. The zero-order chi connectivity index (χ0) is 14.3. The van der Waals surface area contributed by atoms with E-state index in [9.17, 15) is 13.6 Å². The molecule has 2 bridgehead atoms. The third-order valence-electron chi connectivity index (χ3n) is 4.46. The van der Waals surface area contributed by atoms with E-state index < -0.39 is 11.6 Å². The Balaban J connectivity index is 1.79. The number of carbonyl (C=O) groups excluding carboxylic acids is 1. The number of piperidine rings is 1. The van der Waals surface area contributed by atoms with E-state index in [1.54, 1.807) is 0 Å². The fraction of sp³-hybridized carbons (Fsp3) is 0.533. The maximum Gasteiger partial charge on any atom is 0.166 e. The maximum absolute atomic E-state index is 13.2. The van der Waals surface area contributed by atoms with Crippen LogP contribution in [0.1, 0.15) is 23.2 Å². The first-order valence-corrected chi connectivity index (χ1v) is 6.85. The summed E-state index contributed by atoms with van der Waals surface area (Å²) in [7, 11) is 2.05. The first kappa shape index (κ1) is 13.6. The molecule has 20 heavy (non-hydrogen) atoms. The molecule has 0 radical (unpaired) electrons. The molecule has 0 spiro atoms. The number of nitrogens with zero attached hydrogens (tertiary/aromatic N) is 1. The summed E-state index contributed by atoms with van der Waals surface area (Å²) in [5, 5.41) is 0. The molecule has 2 aliphatic rings. The number of fused-ring (bicyclic) bond motifs is 2. The molecule has 0 saturated carbocycles. The van der Waals surface area contributed by atoms with Gasteiger partial charge in [0, 0.05) is 23.6 Å². The molecule has 1 aromatic carbocycles. The van der Waals surface area contributed by atoms with E-state index in [1.165, 1.54) is 6.07 Å². The Labute approximate surface area is 116 Å². The molecule has 108 valence electrons. The number of ketones is 1. The van der Waals surface area contributed by atoms with Crippen molar-refractivity contribution in [1.82, 2.24) is 4.90 Å². The molecular formula is C15H17F2NO2. The van der Waals surface area contributed by atoms with Gasteiger partial charge < -0.3 is 4.74 Å². The summed E-state index contributed by atoms with van der Waals surface area (Å²) in [5.41, 5.74) is 0.262. The van der Waals surface area contributed by atoms with E-state index >= 15 is 0 Å². The molecule has 3 rings (SSSR count). The van der Waals surface area contributed by atoms with Crippen LogP contribution in [0.3, 0.4) is 0 Å². The number of hydrogen-bond acceptors (Lipinski definition) is 3. The number of halogens is 2. The summed E-state index contributed by atoms with van der Waals surface area (Å²) in [6.45, 7) is 1.27. The number of Topliss-reactive ketones (excluding diaryl/α,β-unsaturated/α-hetero) is 1. The molecule has 2 unspecified atom stereocenters. The molecule has 0 aliphatic carbocycles. The predicted octanol–water partition coefficient (Wildman–Crippen LogP) is 2.26. The van der Waals surface area contributed by atoms with Crippen LogP contribution in [0.5, 0.6) is 0 Å². The van der Waals surface area contributed by atoms with Crippen molar-refractivity contribution in [1.29, 1.82) is 0 Å². The second kappa shape index (κ2) is 5.22. The van der Waals surface area contributed by atoms with E-state index in [2.05, 4.69) is 11.9 Å². The van der Waals surface area contributed by atoms with Gasteiger partial charge in [-0.2, -0.15) is 0 Å². The summed E-state index contributed by atoms with van der Waals surface area (Å²) in [6.07, 6.45) is 1.43. The smallest absolute Gasteiger partial charge is 0.166 e. The lowest BCUT2D eigenvalue weighted by molar-refractivity contribution is -0.0702. The minimum absolute atomic E-state index is 0.0890. The van der Waals surface area contributed by atoms with E-state index in [1.807, 2.05) is 0 Å². The highest BCUT2D eigenvalue weighted by Gasteiger charge is 2.39. The number of carbonyl (C=O) groups is 1. The van der Waals surface area contributed by atoms with Crippen LogP contribution in [0.4, 0.5) is 8.78 Å². The zero-order valence-electron chi connectivity index (χ0n) is 11.3. The third kappa shape index (κ3) is 2.36. The van der Waals surface area contributed by atoms with E-state index in [0.717, 1.165) is 12.1 Å². The minimum atomic E-state index is -0.965. The second-order valence-corrected chi connectivity index (χ2v) is 5.67. The molecule has 2 atom stereocenters. The van der Waals surface area contributed by atoms with E-state index in [4.69, 9.17) is 4.74 Å². The normalized spacial score (nSPS) is 30.2. The fourth-order valence-electron chi connectivity index (χ4n) is 3.19. The van der Waals surface area contributed by atoms with Gasteiger partial charge in [0.15, 0.2) is 17.4 Å². The van der Waals surface area contributed by atoms with Crippen LogP contribution in [0.2, 0.25) is 0 Å². The Morgan fingerprint density at radius 1 is 1.20 bits per heavy atom. The lowest BCUT2D eigenvalue weighted by Gasteiger charge is -2.46. The Morgan fingerprint density at radius 3 is 2.45 bits per heavy atom. The highest BCUT2D eigenvalue weighted by atomic mass is 19.2. The molecule has 2 heterocycles.